The van der Waals surface area contributed by atoms with Crippen molar-refractivity contribution in [3.63, 3.8) is 0 Å². The molecule has 3 rings (SSSR count). The van der Waals surface area contributed by atoms with E-state index in [1.165, 1.54) is 6.92 Å². The van der Waals surface area contributed by atoms with Gasteiger partial charge in [-0.05, 0) is 23.6 Å². The highest BCUT2D eigenvalue weighted by Crippen LogP contribution is 2.08. The number of carboxylic acid groups (broad SMARTS) is 1. The molecule has 3 aromatic carbocycles. The van der Waals surface area contributed by atoms with Crippen LogP contribution in [0.15, 0.2) is 91.0 Å². The third-order valence-corrected chi connectivity index (χ3v) is 5.75. The van der Waals surface area contributed by atoms with Crippen LogP contribution in [-0.2, 0) is 38.6 Å². The molecule has 0 heterocycles. The molecule has 0 radical (unpaired) electrons. The maximum atomic E-state index is 13.4. The Morgan fingerprint density at radius 1 is 0.658 bits per heavy atom. The number of carboxylic acids is 1. The van der Waals surface area contributed by atoms with E-state index in [1.54, 1.807) is 24.3 Å². The Morgan fingerprint density at radius 3 is 1.55 bits per heavy atom. The standard InChI is InChI=1S/C29H31N3O6/c1-20(28(35)36)30-26(33)24(17-21-11-5-2-6-12-21)31-27(34)25(18-22-13-7-3-8-14-22)32-29(37)38-19-23-15-9-4-10-16-23/h2-16,20,24-25H,17-19H2,1H3,(H,30,33)(H,31,34)(H,32,37)(H,35,36)/t20-,24-,25+/m1/s1. The van der Waals surface area contributed by atoms with Gasteiger partial charge < -0.3 is 25.8 Å². The van der Waals surface area contributed by atoms with Crippen molar-refractivity contribution in [2.24, 2.45) is 0 Å². The van der Waals surface area contributed by atoms with E-state index in [4.69, 9.17) is 4.74 Å². The summed E-state index contributed by atoms with van der Waals surface area (Å²) in [5.74, 6) is -2.46. The summed E-state index contributed by atoms with van der Waals surface area (Å²) < 4.78 is 5.30. The van der Waals surface area contributed by atoms with Crippen LogP contribution in [0.2, 0.25) is 0 Å². The summed E-state index contributed by atoms with van der Waals surface area (Å²) in [7, 11) is 0. The lowest BCUT2D eigenvalue weighted by molar-refractivity contribution is -0.141. The number of ether oxygens (including phenoxy) is 1. The molecule has 0 unspecified atom stereocenters. The number of carbonyl (C=O) groups is 4. The molecule has 3 aromatic rings. The summed E-state index contributed by atoms with van der Waals surface area (Å²) in [5, 5.41) is 16.9. The average molecular weight is 518 g/mol. The van der Waals surface area contributed by atoms with Gasteiger partial charge in [-0.2, -0.15) is 0 Å². The number of carbonyl (C=O) groups excluding carboxylic acids is 3. The average Bonchev–Trinajstić information content (AvgIpc) is 2.92. The number of alkyl carbamates (subject to hydrolysis) is 1. The van der Waals surface area contributed by atoms with Crippen molar-refractivity contribution in [1.29, 1.82) is 0 Å². The molecule has 0 fully saturated rings. The first-order chi connectivity index (χ1) is 18.3. The van der Waals surface area contributed by atoms with Crippen molar-refractivity contribution in [3.8, 4) is 0 Å². The number of benzene rings is 3. The van der Waals surface area contributed by atoms with E-state index in [1.807, 2.05) is 66.7 Å². The number of amides is 3. The zero-order chi connectivity index (χ0) is 27.3. The zero-order valence-electron chi connectivity index (χ0n) is 21.0. The van der Waals surface area contributed by atoms with Gasteiger partial charge in [0.05, 0.1) is 0 Å². The first-order valence-electron chi connectivity index (χ1n) is 12.2. The zero-order valence-corrected chi connectivity index (χ0v) is 21.0. The van der Waals surface area contributed by atoms with E-state index in [0.29, 0.717) is 0 Å². The molecule has 9 heteroatoms. The second kappa shape index (κ2) is 14.2. The number of hydrogen-bond acceptors (Lipinski definition) is 5. The van der Waals surface area contributed by atoms with Gasteiger partial charge in [0.2, 0.25) is 11.8 Å². The second-order valence-electron chi connectivity index (χ2n) is 8.77. The van der Waals surface area contributed by atoms with Crippen LogP contribution in [0.25, 0.3) is 0 Å². The summed E-state index contributed by atoms with van der Waals surface area (Å²) in [6, 6.07) is 24.0. The lowest BCUT2D eigenvalue weighted by atomic mass is 10.0. The molecule has 0 spiro atoms. The van der Waals surface area contributed by atoms with Crippen LogP contribution in [0, 0.1) is 0 Å². The Bertz CT molecular complexity index is 1200. The van der Waals surface area contributed by atoms with Crippen LogP contribution in [0.1, 0.15) is 23.6 Å². The molecule has 0 saturated heterocycles. The fraction of sp³-hybridized carbons (Fsp3) is 0.241. The van der Waals surface area contributed by atoms with Gasteiger partial charge in [-0.1, -0.05) is 91.0 Å². The Morgan fingerprint density at radius 2 is 1.08 bits per heavy atom. The molecular weight excluding hydrogens is 486 g/mol. The maximum absolute atomic E-state index is 13.4. The Hall–Kier alpha value is -4.66. The fourth-order valence-electron chi connectivity index (χ4n) is 3.67. The monoisotopic (exact) mass is 517 g/mol. The molecule has 0 bridgehead atoms. The third-order valence-electron chi connectivity index (χ3n) is 5.75. The van der Waals surface area contributed by atoms with Crippen molar-refractivity contribution < 1.29 is 29.0 Å². The molecule has 38 heavy (non-hydrogen) atoms. The third kappa shape index (κ3) is 9.09. The van der Waals surface area contributed by atoms with Crippen LogP contribution in [0.5, 0.6) is 0 Å². The topological polar surface area (TPSA) is 134 Å². The van der Waals surface area contributed by atoms with Gasteiger partial charge in [-0.3, -0.25) is 14.4 Å². The van der Waals surface area contributed by atoms with Crippen LogP contribution >= 0.6 is 0 Å². The highest BCUT2D eigenvalue weighted by Gasteiger charge is 2.29. The van der Waals surface area contributed by atoms with Crippen molar-refractivity contribution in [2.75, 3.05) is 0 Å². The minimum Gasteiger partial charge on any atom is -0.480 e. The lowest BCUT2D eigenvalue weighted by Crippen LogP contribution is -2.56. The highest BCUT2D eigenvalue weighted by atomic mass is 16.5. The molecule has 0 aliphatic rings. The first-order valence-corrected chi connectivity index (χ1v) is 12.2. The van der Waals surface area contributed by atoms with Gasteiger partial charge >= 0.3 is 12.1 Å². The van der Waals surface area contributed by atoms with E-state index in [0.717, 1.165) is 16.7 Å². The largest absolute Gasteiger partial charge is 0.480 e. The van der Waals surface area contributed by atoms with Gasteiger partial charge in [0.25, 0.3) is 0 Å². The maximum Gasteiger partial charge on any atom is 0.408 e. The lowest BCUT2D eigenvalue weighted by Gasteiger charge is -2.24. The van der Waals surface area contributed by atoms with Crippen LogP contribution in [-0.4, -0.2) is 47.1 Å². The van der Waals surface area contributed by atoms with Crippen LogP contribution < -0.4 is 16.0 Å². The van der Waals surface area contributed by atoms with E-state index in [2.05, 4.69) is 16.0 Å². The first kappa shape index (κ1) is 27.9. The quantitative estimate of drug-likeness (QED) is 0.292. The van der Waals surface area contributed by atoms with E-state index in [9.17, 15) is 24.3 Å². The fourth-order valence-corrected chi connectivity index (χ4v) is 3.67. The number of rotatable bonds is 12. The van der Waals surface area contributed by atoms with Crippen LogP contribution in [0.3, 0.4) is 0 Å². The molecule has 3 atom stereocenters. The predicted molar refractivity (Wildman–Crippen MR) is 141 cm³/mol. The smallest absolute Gasteiger partial charge is 0.408 e. The van der Waals surface area contributed by atoms with Crippen molar-refractivity contribution >= 4 is 23.9 Å². The Kier molecular flexibility index (Phi) is 10.4. The summed E-state index contributed by atoms with van der Waals surface area (Å²) in [6.07, 6.45) is -0.506. The number of hydrogen-bond donors (Lipinski definition) is 4. The Labute approximate surface area is 221 Å². The minimum atomic E-state index is -1.20. The van der Waals surface area contributed by atoms with E-state index in [-0.39, 0.29) is 19.4 Å². The highest BCUT2D eigenvalue weighted by molar-refractivity contribution is 5.93. The molecule has 3 amide bonds. The molecule has 198 valence electrons. The van der Waals surface area contributed by atoms with Crippen LogP contribution in [0.4, 0.5) is 4.79 Å². The summed E-state index contributed by atoms with van der Waals surface area (Å²) >= 11 is 0. The normalized spacial score (nSPS) is 12.9. The Balaban J connectivity index is 1.75. The summed E-state index contributed by atoms with van der Waals surface area (Å²) in [4.78, 5) is 50.2. The van der Waals surface area contributed by atoms with E-state index < -0.39 is 42.0 Å². The van der Waals surface area contributed by atoms with Crippen molar-refractivity contribution in [3.05, 3.63) is 108 Å². The molecule has 9 nitrogen and oxygen atoms in total. The van der Waals surface area contributed by atoms with Crippen molar-refractivity contribution in [1.82, 2.24) is 16.0 Å². The summed E-state index contributed by atoms with van der Waals surface area (Å²) in [6.45, 7) is 1.36. The molecular formula is C29H31N3O6. The van der Waals surface area contributed by atoms with Gasteiger partial charge in [0, 0.05) is 12.8 Å². The summed E-state index contributed by atoms with van der Waals surface area (Å²) in [5.41, 5.74) is 2.35. The van der Waals surface area contributed by atoms with Gasteiger partial charge in [0.1, 0.15) is 24.7 Å². The van der Waals surface area contributed by atoms with E-state index >= 15 is 0 Å². The number of nitrogens with one attached hydrogen (secondary N) is 3. The predicted octanol–water partition coefficient (Wildman–Crippen LogP) is 2.84. The molecule has 4 N–H and O–H groups in total. The molecule has 0 aliphatic heterocycles. The minimum absolute atomic E-state index is 0.0263. The number of aliphatic carboxylic acids is 1. The second-order valence-corrected chi connectivity index (χ2v) is 8.77. The van der Waals surface area contributed by atoms with Gasteiger partial charge in [-0.15, -0.1) is 0 Å². The van der Waals surface area contributed by atoms with Crippen molar-refractivity contribution in [2.45, 2.75) is 44.5 Å². The molecule has 0 aromatic heterocycles. The molecule has 0 aliphatic carbocycles. The molecule has 0 saturated carbocycles. The van der Waals surface area contributed by atoms with Gasteiger partial charge in [0.15, 0.2) is 0 Å². The SMILES string of the molecule is C[C@@H](NC(=O)[C@@H](Cc1ccccc1)NC(=O)[C@H](Cc1ccccc1)NC(=O)OCc1ccccc1)C(=O)O. The van der Waals surface area contributed by atoms with Gasteiger partial charge in [-0.25, -0.2) is 4.79 Å².